The van der Waals surface area contributed by atoms with Gasteiger partial charge in [-0.05, 0) is 73.0 Å². The standard InChI is InChI=1S/C49H33N5/c1-3-16-33(17-4-1)47-50-48(34-28-30-45-41(31-34)39-23-11-12-24-42(39)53(45)35-18-5-2-6-19-35)52-49(51-47)40-29-27-32-15-7-8-20-36(32)46(40)54-43-25-13-9-21-37(43)38-22-10-14-26-44(38)54/h1-6,8-14,16-31H,7,15H2. The maximum Gasteiger partial charge on any atom is 0.166 e. The Hall–Kier alpha value is -7.11. The first-order chi connectivity index (χ1) is 26.8. The third-order valence-corrected chi connectivity index (χ3v) is 10.8. The van der Waals surface area contributed by atoms with E-state index < -0.39 is 0 Å². The molecule has 0 bridgehead atoms. The molecule has 54 heavy (non-hydrogen) atoms. The quantitative estimate of drug-likeness (QED) is 0.180. The molecule has 0 fully saturated rings. The van der Waals surface area contributed by atoms with Gasteiger partial charge in [-0.2, -0.15) is 0 Å². The van der Waals surface area contributed by atoms with Gasteiger partial charge in [-0.3, -0.25) is 0 Å². The molecule has 0 amide bonds. The number of aryl methyl sites for hydroxylation is 1. The van der Waals surface area contributed by atoms with Crippen LogP contribution in [0.1, 0.15) is 17.5 Å². The van der Waals surface area contributed by atoms with Crippen LogP contribution in [-0.2, 0) is 6.42 Å². The molecule has 0 radical (unpaired) electrons. The SMILES string of the molecule is C1=Cc2c(ccc(-c3nc(-c4ccccc4)nc(-c4ccc5c(c4)c4ccccc4n5-c4ccccc4)n3)c2-n2c3ccccc3c3ccccc32)CC1. The van der Waals surface area contributed by atoms with Crippen LogP contribution in [0.15, 0.2) is 170 Å². The molecule has 0 aliphatic heterocycles. The molecule has 254 valence electrons. The van der Waals surface area contributed by atoms with Crippen molar-refractivity contribution in [1.29, 1.82) is 0 Å². The number of benzene rings is 7. The molecule has 11 rings (SSSR count). The van der Waals surface area contributed by atoms with Crippen molar-refractivity contribution in [1.82, 2.24) is 24.1 Å². The van der Waals surface area contributed by atoms with E-state index in [2.05, 4.69) is 167 Å². The van der Waals surface area contributed by atoms with Crippen LogP contribution in [0.25, 0.3) is 95.2 Å². The number of fused-ring (bicyclic) bond motifs is 7. The van der Waals surface area contributed by atoms with Crippen molar-refractivity contribution in [3.8, 4) is 45.5 Å². The monoisotopic (exact) mass is 691 g/mol. The second-order valence-electron chi connectivity index (χ2n) is 13.9. The molecular formula is C49H33N5. The summed E-state index contributed by atoms with van der Waals surface area (Å²) in [6.07, 6.45) is 6.59. The molecule has 1 aliphatic rings. The van der Waals surface area contributed by atoms with Gasteiger partial charge in [-0.1, -0.05) is 121 Å². The lowest BCUT2D eigenvalue weighted by atomic mass is 9.92. The fourth-order valence-corrected chi connectivity index (χ4v) is 8.39. The van der Waals surface area contributed by atoms with Gasteiger partial charge < -0.3 is 9.13 Å². The third kappa shape index (κ3) is 4.75. The number of hydrogen-bond acceptors (Lipinski definition) is 3. The second kappa shape index (κ2) is 12.2. The molecular weight excluding hydrogens is 659 g/mol. The third-order valence-electron chi connectivity index (χ3n) is 10.8. The minimum atomic E-state index is 0.638. The molecule has 0 saturated carbocycles. The number of nitrogens with zero attached hydrogens (tertiary/aromatic N) is 5. The van der Waals surface area contributed by atoms with E-state index in [0.29, 0.717) is 17.5 Å². The zero-order valence-electron chi connectivity index (χ0n) is 29.4. The molecule has 0 saturated heterocycles. The van der Waals surface area contributed by atoms with Crippen LogP contribution in [0.2, 0.25) is 0 Å². The van der Waals surface area contributed by atoms with E-state index in [0.717, 1.165) is 68.4 Å². The van der Waals surface area contributed by atoms with Crippen LogP contribution in [0.3, 0.4) is 0 Å². The Labute approximate surface area is 312 Å². The summed E-state index contributed by atoms with van der Waals surface area (Å²) >= 11 is 0. The Bertz CT molecular complexity index is 3040. The Morgan fingerprint density at radius 2 is 0.981 bits per heavy atom. The van der Waals surface area contributed by atoms with Crippen LogP contribution >= 0.6 is 0 Å². The molecule has 5 nitrogen and oxygen atoms in total. The van der Waals surface area contributed by atoms with Gasteiger partial charge in [0, 0.05) is 49.5 Å². The normalized spacial score (nSPS) is 12.6. The van der Waals surface area contributed by atoms with Crippen molar-refractivity contribution in [2.45, 2.75) is 12.8 Å². The minimum Gasteiger partial charge on any atom is -0.309 e. The van der Waals surface area contributed by atoms with Crippen LogP contribution < -0.4 is 0 Å². The first kappa shape index (κ1) is 30.5. The molecule has 0 spiro atoms. The lowest BCUT2D eigenvalue weighted by Crippen LogP contribution is -2.08. The van der Waals surface area contributed by atoms with Crippen LogP contribution in [0, 0.1) is 0 Å². The highest BCUT2D eigenvalue weighted by Gasteiger charge is 2.24. The summed E-state index contributed by atoms with van der Waals surface area (Å²) in [6, 6.07) is 57.9. The second-order valence-corrected chi connectivity index (χ2v) is 13.9. The topological polar surface area (TPSA) is 48.5 Å². The average molecular weight is 692 g/mol. The summed E-state index contributed by atoms with van der Waals surface area (Å²) < 4.78 is 4.76. The highest BCUT2D eigenvalue weighted by Crippen LogP contribution is 2.41. The summed E-state index contributed by atoms with van der Waals surface area (Å²) in [7, 11) is 0. The zero-order valence-corrected chi connectivity index (χ0v) is 29.4. The van der Waals surface area contributed by atoms with Crippen molar-refractivity contribution in [3.63, 3.8) is 0 Å². The molecule has 7 aromatic carbocycles. The number of para-hydroxylation sites is 4. The van der Waals surface area contributed by atoms with E-state index in [4.69, 9.17) is 15.0 Å². The highest BCUT2D eigenvalue weighted by molar-refractivity contribution is 6.11. The van der Waals surface area contributed by atoms with E-state index in [1.807, 2.05) is 18.2 Å². The summed E-state index contributed by atoms with van der Waals surface area (Å²) in [6.45, 7) is 0. The Morgan fingerprint density at radius 3 is 1.69 bits per heavy atom. The lowest BCUT2D eigenvalue weighted by Gasteiger charge is -2.21. The van der Waals surface area contributed by atoms with E-state index in [1.54, 1.807) is 0 Å². The molecule has 5 heteroatoms. The number of aromatic nitrogens is 5. The van der Waals surface area contributed by atoms with E-state index in [-0.39, 0.29) is 0 Å². The Balaban J connectivity index is 1.19. The van der Waals surface area contributed by atoms with Gasteiger partial charge in [0.15, 0.2) is 17.5 Å². The summed E-state index contributed by atoms with van der Waals surface area (Å²) in [5, 5.41) is 4.78. The van der Waals surface area contributed by atoms with Crippen LogP contribution in [0.4, 0.5) is 0 Å². The van der Waals surface area contributed by atoms with Crippen LogP contribution in [0.5, 0.6) is 0 Å². The van der Waals surface area contributed by atoms with Gasteiger partial charge in [-0.15, -0.1) is 0 Å². The van der Waals surface area contributed by atoms with Crippen molar-refractivity contribution in [2.24, 2.45) is 0 Å². The number of rotatable bonds is 5. The van der Waals surface area contributed by atoms with Gasteiger partial charge >= 0.3 is 0 Å². The van der Waals surface area contributed by atoms with E-state index in [9.17, 15) is 0 Å². The van der Waals surface area contributed by atoms with E-state index in [1.165, 1.54) is 27.3 Å². The van der Waals surface area contributed by atoms with Gasteiger partial charge in [-0.25, -0.2) is 15.0 Å². The summed E-state index contributed by atoms with van der Waals surface area (Å²) in [5.74, 6) is 1.92. The first-order valence-corrected chi connectivity index (χ1v) is 18.5. The smallest absolute Gasteiger partial charge is 0.166 e. The molecule has 3 heterocycles. The van der Waals surface area contributed by atoms with Crippen molar-refractivity contribution < 1.29 is 0 Å². The maximum atomic E-state index is 5.36. The summed E-state index contributed by atoms with van der Waals surface area (Å²) in [5.41, 5.74) is 12.2. The number of hydrogen-bond donors (Lipinski definition) is 0. The van der Waals surface area contributed by atoms with Gasteiger partial charge in [0.25, 0.3) is 0 Å². The molecule has 1 aliphatic carbocycles. The molecule has 0 N–H and O–H groups in total. The van der Waals surface area contributed by atoms with Gasteiger partial charge in [0.05, 0.1) is 27.8 Å². The molecule has 10 aromatic rings. The maximum absolute atomic E-state index is 5.36. The van der Waals surface area contributed by atoms with Crippen molar-refractivity contribution in [3.05, 3.63) is 181 Å². The average Bonchev–Trinajstić information content (AvgIpc) is 3.76. The molecule has 0 unspecified atom stereocenters. The highest BCUT2D eigenvalue weighted by atomic mass is 15.1. The Morgan fingerprint density at radius 1 is 0.426 bits per heavy atom. The summed E-state index contributed by atoms with van der Waals surface area (Å²) in [4.78, 5) is 15.8. The van der Waals surface area contributed by atoms with E-state index >= 15 is 0 Å². The lowest BCUT2D eigenvalue weighted by molar-refractivity contribution is 0.975. The first-order valence-electron chi connectivity index (χ1n) is 18.5. The molecule has 0 atom stereocenters. The predicted octanol–water partition coefficient (Wildman–Crippen LogP) is 12.0. The number of allylic oxidation sites excluding steroid dienone is 1. The zero-order chi connectivity index (χ0) is 35.6. The minimum absolute atomic E-state index is 0.638. The fraction of sp³-hybridized carbons (Fsp3) is 0.0408. The largest absolute Gasteiger partial charge is 0.309 e. The van der Waals surface area contributed by atoms with Crippen LogP contribution in [-0.4, -0.2) is 24.1 Å². The van der Waals surface area contributed by atoms with Gasteiger partial charge in [0.1, 0.15) is 0 Å². The fourth-order valence-electron chi connectivity index (χ4n) is 8.39. The molecule has 3 aromatic heterocycles. The van der Waals surface area contributed by atoms with Crippen molar-refractivity contribution in [2.75, 3.05) is 0 Å². The van der Waals surface area contributed by atoms with Crippen molar-refractivity contribution >= 4 is 49.7 Å². The Kier molecular flexibility index (Phi) is 6.92. The predicted molar refractivity (Wildman–Crippen MR) is 222 cm³/mol. The van der Waals surface area contributed by atoms with Gasteiger partial charge in [0.2, 0.25) is 0 Å².